The van der Waals surface area contributed by atoms with E-state index in [-0.39, 0.29) is 0 Å². The Balaban J connectivity index is 1.99. The second-order valence-electron chi connectivity index (χ2n) is 2.38. The number of piperazine rings is 1. The zero-order valence-corrected chi connectivity index (χ0v) is 4.22. The van der Waals surface area contributed by atoms with Crippen molar-refractivity contribution < 1.29 is 0 Å². The lowest BCUT2D eigenvalue weighted by Gasteiger charge is -2.41. The van der Waals surface area contributed by atoms with Crippen LogP contribution in [0.2, 0.25) is 0 Å². The van der Waals surface area contributed by atoms with E-state index in [4.69, 9.17) is 0 Å². The van der Waals surface area contributed by atoms with Crippen LogP contribution in [0, 0.1) is 0 Å². The molecule has 1 radical (unpaired) electrons. The van der Waals surface area contributed by atoms with Crippen LogP contribution >= 0.6 is 0 Å². The van der Waals surface area contributed by atoms with E-state index < -0.39 is 0 Å². The summed E-state index contributed by atoms with van der Waals surface area (Å²) < 4.78 is 0. The Hall–Kier alpha value is -0.0800. The van der Waals surface area contributed by atoms with E-state index in [0.717, 1.165) is 25.2 Å². The molecular formula is C5H9N2. The van der Waals surface area contributed by atoms with E-state index in [9.17, 15) is 0 Å². The van der Waals surface area contributed by atoms with E-state index in [1.54, 1.807) is 0 Å². The van der Waals surface area contributed by atoms with Crippen LogP contribution in [-0.2, 0) is 0 Å². The zero-order chi connectivity index (χ0) is 4.69. The third-order valence-electron chi connectivity index (χ3n) is 1.74. The van der Waals surface area contributed by atoms with Gasteiger partial charge in [-0.2, -0.15) is 0 Å². The van der Waals surface area contributed by atoms with Gasteiger partial charge in [0.2, 0.25) is 0 Å². The lowest BCUT2D eigenvalue weighted by molar-refractivity contribution is 0.198. The standard InChI is InChI=1S/C5H9N2/c1-4-2-6-3-5(1)7-4/h4-5,7H,1-3H2. The molecule has 0 aromatic carbocycles. The first-order valence-corrected chi connectivity index (χ1v) is 2.84. The van der Waals surface area contributed by atoms with Crippen LogP contribution in [-0.4, -0.2) is 25.2 Å². The summed E-state index contributed by atoms with van der Waals surface area (Å²) >= 11 is 0. The van der Waals surface area contributed by atoms with Gasteiger partial charge in [-0.05, 0) is 6.42 Å². The molecule has 0 aromatic rings. The molecule has 7 heavy (non-hydrogen) atoms. The number of piperidine rings is 1. The molecule has 1 N–H and O–H groups in total. The summed E-state index contributed by atoms with van der Waals surface area (Å²) in [6.45, 7) is 2.13. The minimum absolute atomic E-state index is 0.763. The number of nitrogens with one attached hydrogen (secondary N) is 1. The average molecular weight is 97.1 g/mol. The van der Waals surface area contributed by atoms with Crippen molar-refractivity contribution in [2.24, 2.45) is 0 Å². The molecule has 2 bridgehead atoms. The van der Waals surface area contributed by atoms with Gasteiger partial charge in [0.15, 0.2) is 0 Å². The van der Waals surface area contributed by atoms with Crippen LogP contribution < -0.4 is 10.6 Å². The van der Waals surface area contributed by atoms with Crippen molar-refractivity contribution in [3.05, 3.63) is 0 Å². The summed E-state index contributed by atoms with van der Waals surface area (Å²) in [5, 5.41) is 7.63. The molecule has 0 saturated carbocycles. The van der Waals surface area contributed by atoms with E-state index in [0.29, 0.717) is 0 Å². The molecule has 39 valence electrons. The highest BCUT2D eigenvalue weighted by atomic mass is 15.1. The monoisotopic (exact) mass is 97.1 g/mol. The van der Waals surface area contributed by atoms with Crippen molar-refractivity contribution in [2.75, 3.05) is 13.1 Å². The van der Waals surface area contributed by atoms with Gasteiger partial charge in [0.05, 0.1) is 0 Å². The summed E-state index contributed by atoms with van der Waals surface area (Å²) in [4.78, 5) is 0. The van der Waals surface area contributed by atoms with Gasteiger partial charge in [-0.1, -0.05) is 0 Å². The highest BCUT2D eigenvalue weighted by molar-refractivity contribution is 4.95. The van der Waals surface area contributed by atoms with Gasteiger partial charge >= 0.3 is 0 Å². The largest absolute Gasteiger partial charge is 0.308 e. The van der Waals surface area contributed by atoms with Gasteiger partial charge < -0.3 is 5.32 Å². The molecule has 0 aliphatic carbocycles. The van der Waals surface area contributed by atoms with Crippen molar-refractivity contribution in [1.29, 1.82) is 0 Å². The molecule has 0 aromatic heterocycles. The SMILES string of the molecule is C1[N]CC2CC1N2. The minimum atomic E-state index is 0.763. The van der Waals surface area contributed by atoms with Gasteiger partial charge in [-0.15, -0.1) is 0 Å². The predicted molar refractivity (Wildman–Crippen MR) is 27.2 cm³/mol. The molecule has 3 rings (SSSR count). The maximum absolute atomic E-state index is 4.25. The number of hydrogen-bond donors (Lipinski definition) is 1. The summed E-state index contributed by atoms with van der Waals surface area (Å²) in [6, 6.07) is 1.53. The van der Waals surface area contributed by atoms with Crippen LogP contribution in [0.4, 0.5) is 0 Å². The second kappa shape index (κ2) is 1.20. The van der Waals surface area contributed by atoms with E-state index >= 15 is 0 Å². The average Bonchev–Trinajstić information content (AvgIpc) is 1.67. The zero-order valence-electron chi connectivity index (χ0n) is 4.22. The maximum Gasteiger partial charge on any atom is 0.0288 e. The Labute approximate surface area is 43.3 Å². The molecule has 3 fully saturated rings. The number of hydrogen-bond acceptors (Lipinski definition) is 1. The third kappa shape index (κ3) is 0.469. The fourth-order valence-electron chi connectivity index (χ4n) is 1.29. The van der Waals surface area contributed by atoms with Crippen molar-refractivity contribution in [3.8, 4) is 0 Å². The molecule has 2 heteroatoms. The quantitative estimate of drug-likeness (QED) is 0.426. The highest BCUT2D eigenvalue weighted by Gasteiger charge is 2.31. The first kappa shape index (κ1) is 3.87. The Morgan fingerprint density at radius 1 is 1.29 bits per heavy atom. The number of rotatable bonds is 0. The normalized spacial score (nSPS) is 48.0. The lowest BCUT2D eigenvalue weighted by Crippen LogP contribution is -2.63. The van der Waals surface area contributed by atoms with E-state index in [1.807, 2.05) is 0 Å². The van der Waals surface area contributed by atoms with Gasteiger partial charge in [-0.25, -0.2) is 5.32 Å². The van der Waals surface area contributed by atoms with Crippen LogP contribution in [0.15, 0.2) is 0 Å². The number of nitrogens with zero attached hydrogens (tertiary/aromatic N) is 1. The molecule has 2 atom stereocenters. The van der Waals surface area contributed by atoms with Crippen molar-refractivity contribution in [2.45, 2.75) is 18.5 Å². The van der Waals surface area contributed by atoms with Gasteiger partial charge in [0, 0.05) is 25.2 Å². The Morgan fingerprint density at radius 2 is 1.86 bits per heavy atom. The fourth-order valence-corrected chi connectivity index (χ4v) is 1.29. The summed E-state index contributed by atoms with van der Waals surface area (Å²) in [5.41, 5.74) is 0. The first-order chi connectivity index (χ1) is 3.45. The molecular weight excluding hydrogens is 88.1 g/mol. The number of fused-ring (bicyclic) bond motifs is 2. The minimum Gasteiger partial charge on any atom is -0.308 e. The summed E-state index contributed by atoms with van der Waals surface area (Å²) in [6.07, 6.45) is 1.38. The Kier molecular flexibility index (Phi) is 0.664. The van der Waals surface area contributed by atoms with Crippen LogP contribution in [0.5, 0.6) is 0 Å². The molecule has 3 heterocycles. The Morgan fingerprint density at radius 3 is 2.00 bits per heavy atom. The van der Waals surface area contributed by atoms with Gasteiger partial charge in [-0.3, -0.25) is 0 Å². The second-order valence-corrected chi connectivity index (χ2v) is 2.38. The molecule has 0 amide bonds. The summed E-state index contributed by atoms with van der Waals surface area (Å²) in [5.74, 6) is 0. The molecule has 0 spiro atoms. The molecule has 2 nitrogen and oxygen atoms in total. The fraction of sp³-hybridized carbons (Fsp3) is 1.00. The topological polar surface area (TPSA) is 26.1 Å². The van der Waals surface area contributed by atoms with Gasteiger partial charge in [0.1, 0.15) is 0 Å². The lowest BCUT2D eigenvalue weighted by atomic mass is 9.93. The van der Waals surface area contributed by atoms with Crippen molar-refractivity contribution in [1.82, 2.24) is 10.6 Å². The maximum atomic E-state index is 4.25. The van der Waals surface area contributed by atoms with Gasteiger partial charge in [0.25, 0.3) is 0 Å². The smallest absolute Gasteiger partial charge is 0.0288 e. The molecule has 3 saturated heterocycles. The summed E-state index contributed by atoms with van der Waals surface area (Å²) in [7, 11) is 0. The van der Waals surface area contributed by atoms with E-state index in [1.165, 1.54) is 6.42 Å². The first-order valence-electron chi connectivity index (χ1n) is 2.84. The van der Waals surface area contributed by atoms with Crippen LogP contribution in [0.25, 0.3) is 0 Å². The van der Waals surface area contributed by atoms with Crippen molar-refractivity contribution in [3.63, 3.8) is 0 Å². The third-order valence-corrected chi connectivity index (χ3v) is 1.74. The highest BCUT2D eigenvalue weighted by Crippen LogP contribution is 2.14. The van der Waals surface area contributed by atoms with Crippen LogP contribution in [0.3, 0.4) is 0 Å². The van der Waals surface area contributed by atoms with E-state index in [2.05, 4.69) is 10.6 Å². The molecule has 3 aliphatic rings. The Bertz CT molecular complexity index is 62.6. The predicted octanol–water partition coefficient (Wildman–Crippen LogP) is -0.665. The van der Waals surface area contributed by atoms with Crippen molar-refractivity contribution >= 4 is 0 Å². The van der Waals surface area contributed by atoms with Crippen LogP contribution in [0.1, 0.15) is 6.42 Å². The molecule has 2 unspecified atom stereocenters. The molecule has 3 aliphatic heterocycles.